The van der Waals surface area contributed by atoms with Gasteiger partial charge in [0, 0.05) is 11.4 Å². The van der Waals surface area contributed by atoms with Gasteiger partial charge >= 0.3 is 12.0 Å². The van der Waals surface area contributed by atoms with Gasteiger partial charge in [0.1, 0.15) is 5.01 Å². The second kappa shape index (κ2) is 6.21. The number of hydrogen-bond acceptors (Lipinski definition) is 4. The number of carbonyl (C=O) groups excluding carboxylic acids is 1. The van der Waals surface area contributed by atoms with Crippen LogP contribution < -0.4 is 10.6 Å². The quantitative estimate of drug-likeness (QED) is 0.793. The summed E-state index contributed by atoms with van der Waals surface area (Å²) >= 11 is 1.23. The SMILES string of the molecule is CC1CCC(NC(=O)NCc2nc(C(=O)O)cs2)C1C. The van der Waals surface area contributed by atoms with Crippen molar-refractivity contribution in [1.82, 2.24) is 15.6 Å². The number of aromatic nitrogens is 1. The standard InChI is InChI=1S/C13H19N3O3S/c1-7-3-4-9(8(7)2)16-13(19)14-5-11-15-10(6-20-11)12(17)18/h6-9H,3-5H2,1-2H3,(H,17,18)(H2,14,16,19). The Morgan fingerprint density at radius 3 is 2.75 bits per heavy atom. The number of nitrogens with zero attached hydrogens (tertiary/aromatic N) is 1. The Morgan fingerprint density at radius 2 is 2.20 bits per heavy atom. The van der Waals surface area contributed by atoms with Crippen LogP contribution in [-0.4, -0.2) is 28.1 Å². The third kappa shape index (κ3) is 3.47. The lowest BCUT2D eigenvalue weighted by atomic mass is 9.98. The Morgan fingerprint density at radius 1 is 1.45 bits per heavy atom. The van der Waals surface area contributed by atoms with Gasteiger partial charge in [0.2, 0.25) is 0 Å². The fourth-order valence-corrected chi connectivity index (χ4v) is 3.14. The number of urea groups is 1. The molecule has 0 radical (unpaired) electrons. The van der Waals surface area contributed by atoms with E-state index >= 15 is 0 Å². The highest BCUT2D eigenvalue weighted by atomic mass is 32.1. The maximum atomic E-state index is 11.8. The molecule has 3 atom stereocenters. The molecule has 2 rings (SSSR count). The Hall–Kier alpha value is -1.63. The van der Waals surface area contributed by atoms with E-state index in [4.69, 9.17) is 5.11 Å². The van der Waals surface area contributed by atoms with E-state index in [0.717, 1.165) is 12.8 Å². The smallest absolute Gasteiger partial charge is 0.355 e. The van der Waals surface area contributed by atoms with Gasteiger partial charge in [0.05, 0.1) is 6.54 Å². The lowest BCUT2D eigenvalue weighted by Crippen LogP contribution is -2.43. The summed E-state index contributed by atoms with van der Waals surface area (Å²) in [6, 6.07) is -0.00102. The number of carboxylic acids is 1. The van der Waals surface area contributed by atoms with E-state index in [1.807, 2.05) is 0 Å². The van der Waals surface area contributed by atoms with E-state index in [0.29, 0.717) is 16.8 Å². The minimum absolute atomic E-state index is 0.0189. The molecule has 0 aliphatic heterocycles. The number of carbonyl (C=O) groups is 2. The maximum Gasteiger partial charge on any atom is 0.355 e. The molecule has 1 aromatic rings. The molecule has 3 N–H and O–H groups in total. The second-order valence-corrected chi connectivity index (χ2v) is 6.22. The number of amides is 2. The van der Waals surface area contributed by atoms with Gasteiger partial charge in [-0.3, -0.25) is 0 Å². The minimum atomic E-state index is -1.05. The topological polar surface area (TPSA) is 91.3 Å². The normalized spacial score (nSPS) is 25.4. The van der Waals surface area contributed by atoms with Gasteiger partial charge in [-0.1, -0.05) is 13.8 Å². The Balaban J connectivity index is 1.78. The Labute approximate surface area is 121 Å². The van der Waals surface area contributed by atoms with Crippen LogP contribution >= 0.6 is 11.3 Å². The predicted octanol–water partition coefficient (Wildman–Crippen LogP) is 2.08. The molecule has 1 heterocycles. The van der Waals surface area contributed by atoms with Gasteiger partial charge in [0.25, 0.3) is 0 Å². The minimum Gasteiger partial charge on any atom is -0.476 e. The van der Waals surface area contributed by atoms with Gasteiger partial charge in [0.15, 0.2) is 5.69 Å². The highest BCUT2D eigenvalue weighted by molar-refractivity contribution is 7.09. The zero-order chi connectivity index (χ0) is 14.7. The average Bonchev–Trinajstić information content (AvgIpc) is 2.99. The van der Waals surface area contributed by atoms with Gasteiger partial charge in [-0.2, -0.15) is 0 Å². The zero-order valence-electron chi connectivity index (χ0n) is 11.5. The predicted molar refractivity (Wildman–Crippen MR) is 75.8 cm³/mol. The van der Waals surface area contributed by atoms with Gasteiger partial charge in [-0.05, 0) is 24.7 Å². The van der Waals surface area contributed by atoms with Crippen molar-refractivity contribution in [3.05, 3.63) is 16.1 Å². The van der Waals surface area contributed by atoms with Crippen molar-refractivity contribution in [2.45, 2.75) is 39.3 Å². The van der Waals surface area contributed by atoms with E-state index in [-0.39, 0.29) is 24.3 Å². The molecule has 1 aromatic heterocycles. The first kappa shape index (κ1) is 14.8. The monoisotopic (exact) mass is 297 g/mol. The molecule has 110 valence electrons. The highest BCUT2D eigenvalue weighted by Crippen LogP contribution is 2.30. The summed E-state index contributed by atoms with van der Waals surface area (Å²) < 4.78 is 0. The number of nitrogens with one attached hydrogen (secondary N) is 2. The average molecular weight is 297 g/mol. The van der Waals surface area contributed by atoms with Crippen molar-refractivity contribution >= 4 is 23.3 Å². The summed E-state index contributed by atoms with van der Waals surface area (Å²) in [6.07, 6.45) is 2.15. The van der Waals surface area contributed by atoms with Crippen LogP contribution in [0.4, 0.5) is 4.79 Å². The van der Waals surface area contributed by atoms with E-state index in [9.17, 15) is 9.59 Å². The van der Waals surface area contributed by atoms with Gasteiger partial charge < -0.3 is 15.7 Å². The molecule has 0 saturated heterocycles. The summed E-state index contributed by atoms with van der Waals surface area (Å²) in [5.41, 5.74) is 0.0189. The van der Waals surface area contributed by atoms with Crippen LogP contribution in [0.5, 0.6) is 0 Å². The molecule has 0 spiro atoms. The first-order valence-corrected chi connectivity index (χ1v) is 7.57. The van der Waals surface area contributed by atoms with Crippen molar-refractivity contribution < 1.29 is 14.7 Å². The number of carboxylic acid groups (broad SMARTS) is 1. The number of rotatable bonds is 4. The van der Waals surface area contributed by atoms with E-state index in [2.05, 4.69) is 29.5 Å². The van der Waals surface area contributed by atoms with E-state index < -0.39 is 5.97 Å². The molecule has 7 heteroatoms. The van der Waals surface area contributed by atoms with Crippen LogP contribution in [-0.2, 0) is 6.54 Å². The first-order chi connectivity index (χ1) is 9.47. The molecular formula is C13H19N3O3S. The fourth-order valence-electron chi connectivity index (χ4n) is 2.43. The van der Waals surface area contributed by atoms with Crippen molar-refractivity contribution in [1.29, 1.82) is 0 Å². The second-order valence-electron chi connectivity index (χ2n) is 5.28. The molecule has 1 fully saturated rings. The highest BCUT2D eigenvalue weighted by Gasteiger charge is 2.30. The first-order valence-electron chi connectivity index (χ1n) is 6.69. The molecule has 3 unspecified atom stereocenters. The molecular weight excluding hydrogens is 278 g/mol. The third-order valence-electron chi connectivity index (χ3n) is 3.95. The number of thiazole rings is 1. The fraction of sp³-hybridized carbons (Fsp3) is 0.615. The number of aromatic carboxylic acids is 1. The number of hydrogen-bond donors (Lipinski definition) is 3. The largest absolute Gasteiger partial charge is 0.476 e. The molecule has 1 aliphatic rings. The third-order valence-corrected chi connectivity index (χ3v) is 4.80. The summed E-state index contributed by atoms with van der Waals surface area (Å²) in [5, 5.41) is 16.5. The molecule has 1 saturated carbocycles. The Bertz CT molecular complexity index is 503. The summed E-state index contributed by atoms with van der Waals surface area (Å²) in [7, 11) is 0. The van der Waals surface area contributed by atoms with E-state index in [1.54, 1.807) is 0 Å². The van der Waals surface area contributed by atoms with Gasteiger partial charge in [-0.15, -0.1) is 11.3 Å². The zero-order valence-corrected chi connectivity index (χ0v) is 12.4. The van der Waals surface area contributed by atoms with Crippen LogP contribution in [0.15, 0.2) is 5.38 Å². The van der Waals surface area contributed by atoms with Crippen molar-refractivity contribution in [3.63, 3.8) is 0 Å². The summed E-state index contributed by atoms with van der Waals surface area (Å²) in [6.45, 7) is 4.61. The van der Waals surface area contributed by atoms with Crippen LogP contribution in [0.2, 0.25) is 0 Å². The van der Waals surface area contributed by atoms with Crippen LogP contribution in [0.25, 0.3) is 0 Å². The molecule has 20 heavy (non-hydrogen) atoms. The molecule has 1 aliphatic carbocycles. The summed E-state index contributed by atoms with van der Waals surface area (Å²) in [4.78, 5) is 26.4. The molecule has 0 aromatic carbocycles. The van der Waals surface area contributed by atoms with Crippen LogP contribution in [0.1, 0.15) is 42.2 Å². The summed E-state index contributed by atoms with van der Waals surface area (Å²) in [5.74, 6) is 0.0716. The molecule has 0 bridgehead atoms. The van der Waals surface area contributed by atoms with Crippen molar-refractivity contribution in [3.8, 4) is 0 Å². The van der Waals surface area contributed by atoms with Crippen LogP contribution in [0, 0.1) is 11.8 Å². The van der Waals surface area contributed by atoms with E-state index in [1.165, 1.54) is 16.7 Å². The van der Waals surface area contributed by atoms with Crippen molar-refractivity contribution in [2.75, 3.05) is 0 Å². The molecule has 6 nitrogen and oxygen atoms in total. The lowest BCUT2D eigenvalue weighted by Gasteiger charge is -2.19. The van der Waals surface area contributed by atoms with Gasteiger partial charge in [-0.25, -0.2) is 14.6 Å². The molecule has 2 amide bonds. The lowest BCUT2D eigenvalue weighted by molar-refractivity contribution is 0.0691. The van der Waals surface area contributed by atoms with Crippen LogP contribution in [0.3, 0.4) is 0 Å². The Kier molecular flexibility index (Phi) is 4.59. The van der Waals surface area contributed by atoms with Crippen molar-refractivity contribution in [2.24, 2.45) is 11.8 Å². The maximum absolute atomic E-state index is 11.8.